The van der Waals surface area contributed by atoms with Crippen LogP contribution in [0.25, 0.3) is 11.1 Å². The first-order chi connectivity index (χ1) is 13.0. The Hall–Kier alpha value is -2.44. The number of aliphatic hydroxyl groups excluding tert-OH is 1. The summed E-state index contributed by atoms with van der Waals surface area (Å²) in [6, 6.07) is 0.721. The summed E-state index contributed by atoms with van der Waals surface area (Å²) < 4.78 is 67.6. The molecule has 0 radical (unpaired) electrons. The van der Waals surface area contributed by atoms with Gasteiger partial charge in [0.1, 0.15) is 0 Å². The fourth-order valence-electron chi connectivity index (χ4n) is 2.18. The normalized spacial score (nSPS) is 13.4. The number of halogens is 3. The minimum absolute atomic E-state index is 0.0120. The highest BCUT2D eigenvalue weighted by Crippen LogP contribution is 2.29. The smallest absolute Gasteiger partial charge is 0.374 e. The second-order valence-corrected chi connectivity index (χ2v) is 7.63. The van der Waals surface area contributed by atoms with Gasteiger partial charge < -0.3 is 9.84 Å². The number of benzene rings is 1. The highest BCUT2D eigenvalue weighted by atomic mass is 32.2. The number of primary sulfonamides is 1. The minimum atomic E-state index is -4.17. The zero-order valence-corrected chi connectivity index (χ0v) is 15.5. The molecule has 0 fully saturated rings. The van der Waals surface area contributed by atoms with E-state index < -0.39 is 40.0 Å². The number of hydrogen-bond acceptors (Lipinski definition) is 6. The van der Waals surface area contributed by atoms with Gasteiger partial charge in [-0.3, -0.25) is 4.79 Å². The highest BCUT2D eigenvalue weighted by molar-refractivity contribution is 7.89. The Labute approximate surface area is 158 Å². The largest absolute Gasteiger partial charge is 0.487 e. The molecule has 0 aliphatic carbocycles. The van der Waals surface area contributed by atoms with Crippen LogP contribution in [0, 0.1) is 5.92 Å². The molecule has 2 aromatic rings. The van der Waals surface area contributed by atoms with Gasteiger partial charge in [0.05, 0.1) is 17.7 Å². The van der Waals surface area contributed by atoms with E-state index in [4.69, 9.17) is 15.0 Å². The van der Waals surface area contributed by atoms with Crippen LogP contribution < -0.4 is 15.4 Å². The highest BCUT2D eigenvalue weighted by Gasteiger charge is 2.35. The zero-order valence-electron chi connectivity index (χ0n) is 14.7. The van der Waals surface area contributed by atoms with Crippen molar-refractivity contribution in [2.75, 3.05) is 19.9 Å². The minimum Gasteiger partial charge on any atom is -0.487 e. The zero-order chi connectivity index (χ0) is 21.1. The number of hydrogen-bond donors (Lipinski definition) is 2. The lowest BCUT2D eigenvalue weighted by atomic mass is 10.1. The lowest BCUT2D eigenvalue weighted by molar-refractivity contribution is -0.113. The molecule has 1 heterocycles. The number of ether oxygens (including phenoxy) is 1. The lowest BCUT2D eigenvalue weighted by Gasteiger charge is -2.18. The van der Waals surface area contributed by atoms with Crippen LogP contribution in [0.3, 0.4) is 0 Å². The van der Waals surface area contributed by atoms with Gasteiger partial charge in [-0.1, -0.05) is 19.1 Å². The van der Waals surface area contributed by atoms with Gasteiger partial charge in [0.2, 0.25) is 10.0 Å². The first-order valence-corrected chi connectivity index (χ1v) is 9.49. The van der Waals surface area contributed by atoms with E-state index in [2.05, 4.69) is 5.10 Å². The third kappa shape index (κ3) is 4.69. The van der Waals surface area contributed by atoms with Gasteiger partial charge in [0.15, 0.2) is 12.4 Å². The van der Waals surface area contributed by atoms with Crippen molar-refractivity contribution in [3.05, 3.63) is 40.8 Å². The molecule has 0 saturated carbocycles. The summed E-state index contributed by atoms with van der Waals surface area (Å²) in [4.78, 5) is 12.2. The average molecular weight is 421 g/mol. The van der Waals surface area contributed by atoms with Crippen LogP contribution in [0.5, 0.6) is 5.75 Å². The van der Waals surface area contributed by atoms with Crippen LogP contribution in [0.1, 0.15) is 6.92 Å². The summed E-state index contributed by atoms with van der Waals surface area (Å²) >= 11 is 0. The van der Waals surface area contributed by atoms with E-state index in [9.17, 15) is 26.4 Å². The number of nitrogens with two attached hydrogens (primary N) is 1. The Morgan fingerprint density at radius 2 is 1.93 bits per heavy atom. The number of nitrogens with zero attached hydrogens (tertiary/aromatic N) is 2. The third-order valence-corrected chi connectivity index (χ3v) is 4.65. The average Bonchev–Trinajstić information content (AvgIpc) is 2.65. The number of alkyl halides is 3. The van der Waals surface area contributed by atoms with Crippen molar-refractivity contribution < 1.29 is 31.4 Å². The third-order valence-electron chi connectivity index (χ3n) is 3.72. The molecule has 0 aliphatic rings. The molecule has 0 spiro atoms. The molecule has 3 N–H and O–H groups in total. The van der Waals surface area contributed by atoms with Crippen molar-refractivity contribution in [2.24, 2.45) is 11.1 Å². The van der Waals surface area contributed by atoms with Gasteiger partial charge in [0, 0.05) is 18.1 Å². The summed E-state index contributed by atoms with van der Waals surface area (Å²) in [5.74, 6) is -0.952. The summed E-state index contributed by atoms with van der Waals surface area (Å²) in [6.07, 6.45) is 0.885. The standard InChI is InChI=1S/C16H18F3N3O5S/c1-10(7-23)8-27-14-13(6-21-22(15(14)24)16(18,19)9-17)11-2-4-12(5-3-11)28(20,25)26/h2-6,10,23H,7-9H2,1H3,(H2,20,25,26)/t10-/m0/s1. The van der Waals surface area contributed by atoms with Crippen molar-refractivity contribution in [3.8, 4) is 16.9 Å². The summed E-state index contributed by atoms with van der Waals surface area (Å²) in [6.45, 7) is -1.01. The van der Waals surface area contributed by atoms with Gasteiger partial charge in [0.25, 0.3) is 0 Å². The SMILES string of the molecule is C[C@@H](CO)COc1c(-c2ccc(S(N)(=O)=O)cc2)cnn(C(F)(F)CF)c1=O. The summed E-state index contributed by atoms with van der Waals surface area (Å²) in [5.41, 5.74) is -1.15. The second-order valence-electron chi connectivity index (χ2n) is 6.07. The van der Waals surface area contributed by atoms with Gasteiger partial charge in [-0.15, -0.1) is 0 Å². The first kappa shape index (κ1) is 21.9. The van der Waals surface area contributed by atoms with Crippen LogP contribution in [-0.2, 0) is 16.1 Å². The lowest BCUT2D eigenvalue weighted by Crippen LogP contribution is -2.38. The second kappa shape index (κ2) is 8.29. The fourth-order valence-corrected chi connectivity index (χ4v) is 2.69. The number of aliphatic hydroxyl groups is 1. The molecule has 0 unspecified atom stereocenters. The Bertz CT molecular complexity index is 994. The van der Waals surface area contributed by atoms with E-state index in [1.54, 1.807) is 6.92 Å². The Kier molecular flexibility index (Phi) is 6.47. The van der Waals surface area contributed by atoms with Crippen molar-refractivity contribution >= 4 is 10.0 Å². The van der Waals surface area contributed by atoms with Gasteiger partial charge >= 0.3 is 11.6 Å². The maximum absolute atomic E-state index is 13.7. The van der Waals surface area contributed by atoms with E-state index in [0.717, 1.165) is 18.3 Å². The van der Waals surface area contributed by atoms with E-state index >= 15 is 0 Å². The topological polar surface area (TPSA) is 125 Å². The predicted octanol–water partition coefficient (Wildman–Crippen LogP) is 1.08. The van der Waals surface area contributed by atoms with Crippen molar-refractivity contribution in [1.82, 2.24) is 9.78 Å². The molecule has 28 heavy (non-hydrogen) atoms. The molecular weight excluding hydrogens is 403 g/mol. The summed E-state index contributed by atoms with van der Waals surface area (Å²) in [5, 5.41) is 17.4. The number of rotatable bonds is 8. The molecule has 1 aromatic carbocycles. The molecule has 1 aromatic heterocycles. The summed E-state index contributed by atoms with van der Waals surface area (Å²) in [7, 11) is -3.96. The molecule has 0 bridgehead atoms. The van der Waals surface area contributed by atoms with Crippen LogP contribution in [-0.4, -0.2) is 43.2 Å². The molecule has 0 saturated heterocycles. The van der Waals surface area contributed by atoms with Crippen LogP contribution in [0.4, 0.5) is 13.2 Å². The molecule has 8 nitrogen and oxygen atoms in total. The Morgan fingerprint density at radius 1 is 1.32 bits per heavy atom. The first-order valence-electron chi connectivity index (χ1n) is 7.94. The molecule has 2 rings (SSSR count). The van der Waals surface area contributed by atoms with E-state index in [1.165, 1.54) is 12.1 Å². The van der Waals surface area contributed by atoms with Crippen molar-refractivity contribution in [3.63, 3.8) is 0 Å². The quantitative estimate of drug-likeness (QED) is 0.657. The maximum atomic E-state index is 13.7. The van der Waals surface area contributed by atoms with Crippen LogP contribution >= 0.6 is 0 Å². The molecule has 0 aliphatic heterocycles. The fraction of sp³-hybridized carbons (Fsp3) is 0.375. The van der Waals surface area contributed by atoms with Crippen LogP contribution in [0.2, 0.25) is 0 Å². The van der Waals surface area contributed by atoms with E-state index in [-0.39, 0.29) is 33.9 Å². The molecule has 1 atom stereocenters. The van der Waals surface area contributed by atoms with Crippen molar-refractivity contribution in [1.29, 1.82) is 0 Å². The van der Waals surface area contributed by atoms with E-state index in [0.29, 0.717) is 0 Å². The number of sulfonamides is 1. The van der Waals surface area contributed by atoms with E-state index in [1.807, 2.05) is 0 Å². The molecule has 0 amide bonds. The van der Waals surface area contributed by atoms with Gasteiger partial charge in [-0.2, -0.15) is 18.6 Å². The monoisotopic (exact) mass is 421 g/mol. The Morgan fingerprint density at radius 3 is 2.43 bits per heavy atom. The predicted molar refractivity (Wildman–Crippen MR) is 93.2 cm³/mol. The van der Waals surface area contributed by atoms with Crippen LogP contribution in [0.15, 0.2) is 40.2 Å². The molecule has 154 valence electrons. The number of aromatic nitrogens is 2. The Balaban J connectivity index is 2.59. The van der Waals surface area contributed by atoms with Crippen molar-refractivity contribution in [2.45, 2.75) is 17.9 Å². The molecular formula is C16H18F3N3O5S. The maximum Gasteiger partial charge on any atom is 0.374 e. The molecule has 12 heteroatoms. The van der Waals surface area contributed by atoms with Gasteiger partial charge in [-0.25, -0.2) is 17.9 Å². The van der Waals surface area contributed by atoms with Gasteiger partial charge in [-0.05, 0) is 17.7 Å².